The number of aliphatic hydroxyl groups is 2. The van der Waals surface area contributed by atoms with Gasteiger partial charge in [0.2, 0.25) is 0 Å². The topological polar surface area (TPSA) is 89.8 Å². The molecule has 2 saturated carbocycles. The Balaban J connectivity index is 1.85. The summed E-state index contributed by atoms with van der Waals surface area (Å²) in [4.78, 5) is 10.9. The molecule has 0 bridgehead atoms. The molecule has 20 heavy (non-hydrogen) atoms. The average molecular weight is 285 g/mol. The van der Waals surface area contributed by atoms with Crippen molar-refractivity contribution in [2.75, 3.05) is 13.2 Å². The normalized spacial score (nSPS) is 33.8. The highest BCUT2D eigenvalue weighted by Gasteiger charge is 2.38. The van der Waals surface area contributed by atoms with Crippen molar-refractivity contribution < 1.29 is 20.1 Å². The molecule has 0 heterocycles. The first-order valence-corrected chi connectivity index (χ1v) is 7.80. The number of nitrogens with one attached hydrogen (secondary N) is 1. The fourth-order valence-electron chi connectivity index (χ4n) is 3.55. The van der Waals surface area contributed by atoms with E-state index in [4.69, 9.17) is 5.11 Å². The van der Waals surface area contributed by atoms with E-state index in [0.29, 0.717) is 32.2 Å². The summed E-state index contributed by atoms with van der Waals surface area (Å²) in [6.07, 6.45) is 7.50. The molecule has 0 spiro atoms. The highest BCUT2D eigenvalue weighted by Crippen LogP contribution is 2.34. The molecule has 5 nitrogen and oxygen atoms in total. The molecule has 0 aromatic rings. The van der Waals surface area contributed by atoms with Crippen LogP contribution in [0.1, 0.15) is 57.8 Å². The minimum absolute atomic E-state index is 0.112. The Hall–Kier alpha value is -0.650. The lowest BCUT2D eigenvalue weighted by molar-refractivity contribution is -0.144. The molecule has 0 aromatic heterocycles. The molecule has 2 aliphatic carbocycles. The van der Waals surface area contributed by atoms with Gasteiger partial charge in [-0.1, -0.05) is 19.3 Å². The number of rotatable bonds is 5. The number of hydrogen-bond donors (Lipinski definition) is 4. The zero-order valence-corrected chi connectivity index (χ0v) is 12.1. The fraction of sp³-hybridized carbons (Fsp3) is 0.933. The van der Waals surface area contributed by atoms with Crippen LogP contribution in [0, 0.1) is 5.92 Å². The van der Waals surface area contributed by atoms with Gasteiger partial charge in [-0.3, -0.25) is 4.79 Å². The van der Waals surface area contributed by atoms with E-state index in [9.17, 15) is 15.0 Å². The predicted molar refractivity (Wildman–Crippen MR) is 75.4 cm³/mol. The number of hydrogen-bond acceptors (Lipinski definition) is 4. The summed E-state index contributed by atoms with van der Waals surface area (Å²) in [5.74, 6) is -1.06. The number of aliphatic hydroxyl groups excluding tert-OH is 1. The summed E-state index contributed by atoms with van der Waals surface area (Å²) >= 11 is 0. The minimum atomic E-state index is -0.814. The second-order valence-corrected chi connectivity index (χ2v) is 6.69. The largest absolute Gasteiger partial charge is 0.481 e. The Bertz CT molecular complexity index is 331. The maximum atomic E-state index is 10.9. The number of carboxylic acid groups (broad SMARTS) is 1. The molecule has 5 heteroatoms. The number of β-amino-alcohol motifs (C(OH)–C–C–N with tert-alkyl or cyclic N) is 1. The molecule has 0 aliphatic heterocycles. The minimum Gasteiger partial charge on any atom is -0.481 e. The van der Waals surface area contributed by atoms with Gasteiger partial charge in [-0.25, -0.2) is 0 Å². The smallest absolute Gasteiger partial charge is 0.306 e. The SMILES string of the molecule is O=C(O)C1CCC(O)(CNC2(CO)CCCCC2)CC1. The average Bonchev–Trinajstić information content (AvgIpc) is 2.47. The first-order valence-electron chi connectivity index (χ1n) is 7.80. The maximum absolute atomic E-state index is 10.9. The van der Waals surface area contributed by atoms with Gasteiger partial charge >= 0.3 is 5.97 Å². The Morgan fingerprint density at radius 2 is 1.70 bits per heavy atom. The monoisotopic (exact) mass is 285 g/mol. The van der Waals surface area contributed by atoms with Crippen molar-refractivity contribution in [1.29, 1.82) is 0 Å². The molecular formula is C15H27NO4. The van der Waals surface area contributed by atoms with Crippen LogP contribution < -0.4 is 5.32 Å². The van der Waals surface area contributed by atoms with Gasteiger partial charge in [-0.2, -0.15) is 0 Å². The third kappa shape index (κ3) is 3.71. The Morgan fingerprint density at radius 3 is 2.20 bits per heavy atom. The molecule has 0 amide bonds. The lowest BCUT2D eigenvalue weighted by Crippen LogP contribution is -2.56. The molecule has 0 radical (unpaired) electrons. The van der Waals surface area contributed by atoms with Gasteiger partial charge in [0.15, 0.2) is 0 Å². The lowest BCUT2D eigenvalue weighted by atomic mass is 9.77. The van der Waals surface area contributed by atoms with Crippen molar-refractivity contribution in [3.05, 3.63) is 0 Å². The summed E-state index contributed by atoms with van der Waals surface area (Å²) in [6.45, 7) is 0.570. The molecule has 0 saturated heterocycles. The van der Waals surface area contributed by atoms with E-state index in [2.05, 4.69) is 5.32 Å². The van der Waals surface area contributed by atoms with Crippen molar-refractivity contribution >= 4 is 5.97 Å². The molecule has 0 aromatic carbocycles. The molecule has 4 N–H and O–H groups in total. The van der Waals surface area contributed by atoms with Crippen molar-refractivity contribution in [3.8, 4) is 0 Å². The molecule has 116 valence electrons. The van der Waals surface area contributed by atoms with E-state index in [1.807, 2.05) is 0 Å². The van der Waals surface area contributed by atoms with Gasteiger partial charge in [-0.15, -0.1) is 0 Å². The zero-order valence-electron chi connectivity index (χ0n) is 12.1. The van der Waals surface area contributed by atoms with E-state index < -0.39 is 11.6 Å². The second-order valence-electron chi connectivity index (χ2n) is 6.69. The van der Waals surface area contributed by atoms with Gasteiger partial charge < -0.3 is 20.6 Å². The fourth-order valence-corrected chi connectivity index (χ4v) is 3.55. The van der Waals surface area contributed by atoms with Crippen molar-refractivity contribution in [1.82, 2.24) is 5.32 Å². The van der Waals surface area contributed by atoms with Crippen LogP contribution >= 0.6 is 0 Å². The maximum Gasteiger partial charge on any atom is 0.306 e. The van der Waals surface area contributed by atoms with Crippen LogP contribution in [0.3, 0.4) is 0 Å². The van der Waals surface area contributed by atoms with Gasteiger partial charge in [0.1, 0.15) is 0 Å². The van der Waals surface area contributed by atoms with Crippen LogP contribution in [0.5, 0.6) is 0 Å². The standard InChI is InChI=1S/C15H27NO4/c17-11-14(6-2-1-3-7-14)16-10-15(20)8-4-12(5-9-15)13(18)19/h12,16-17,20H,1-11H2,(H,18,19). The number of aliphatic carboxylic acids is 1. The quantitative estimate of drug-likeness (QED) is 0.611. The zero-order chi connectivity index (χ0) is 14.6. The van der Waals surface area contributed by atoms with Crippen LogP contribution in [-0.2, 0) is 4.79 Å². The van der Waals surface area contributed by atoms with Crippen LogP contribution in [0.4, 0.5) is 0 Å². The highest BCUT2D eigenvalue weighted by molar-refractivity contribution is 5.70. The van der Waals surface area contributed by atoms with Crippen LogP contribution in [0.2, 0.25) is 0 Å². The summed E-state index contributed by atoms with van der Waals surface area (Å²) in [7, 11) is 0. The van der Waals surface area contributed by atoms with Crippen LogP contribution in [0.15, 0.2) is 0 Å². The first-order chi connectivity index (χ1) is 9.49. The summed E-state index contributed by atoms with van der Waals surface area (Å²) in [5.41, 5.74) is -1.05. The number of carboxylic acids is 1. The molecule has 2 aliphatic rings. The second kappa shape index (κ2) is 6.41. The van der Waals surface area contributed by atoms with E-state index in [1.54, 1.807) is 0 Å². The van der Waals surface area contributed by atoms with Gasteiger partial charge in [0, 0.05) is 12.1 Å². The summed E-state index contributed by atoms with van der Waals surface area (Å²) in [5, 5.41) is 32.6. The third-order valence-corrected chi connectivity index (χ3v) is 5.17. The Morgan fingerprint density at radius 1 is 1.10 bits per heavy atom. The van der Waals surface area contributed by atoms with Gasteiger partial charge in [0.25, 0.3) is 0 Å². The third-order valence-electron chi connectivity index (χ3n) is 5.17. The molecule has 0 atom stereocenters. The van der Waals surface area contributed by atoms with Crippen molar-refractivity contribution in [2.45, 2.75) is 68.9 Å². The van der Waals surface area contributed by atoms with Gasteiger partial charge in [-0.05, 0) is 38.5 Å². The first kappa shape index (κ1) is 15.7. The van der Waals surface area contributed by atoms with Gasteiger partial charge in [0.05, 0.1) is 18.1 Å². The summed E-state index contributed by atoms with van der Waals surface area (Å²) < 4.78 is 0. The van der Waals surface area contributed by atoms with E-state index >= 15 is 0 Å². The van der Waals surface area contributed by atoms with E-state index in [-0.39, 0.29) is 18.1 Å². The van der Waals surface area contributed by atoms with Crippen LogP contribution in [-0.4, -0.2) is 45.6 Å². The van der Waals surface area contributed by atoms with Crippen molar-refractivity contribution in [3.63, 3.8) is 0 Å². The lowest BCUT2D eigenvalue weighted by Gasteiger charge is -2.41. The molecule has 2 rings (SSSR count). The van der Waals surface area contributed by atoms with E-state index in [0.717, 1.165) is 25.7 Å². The number of carbonyl (C=O) groups is 1. The molecular weight excluding hydrogens is 258 g/mol. The molecule has 0 unspecified atom stereocenters. The Kier molecular flexibility index (Phi) is 5.04. The van der Waals surface area contributed by atoms with E-state index in [1.165, 1.54) is 6.42 Å². The Labute approximate surface area is 120 Å². The predicted octanol–water partition coefficient (Wildman–Crippen LogP) is 1.28. The van der Waals surface area contributed by atoms with Crippen LogP contribution in [0.25, 0.3) is 0 Å². The summed E-state index contributed by atoms with van der Waals surface area (Å²) in [6, 6.07) is 0. The molecule has 2 fully saturated rings. The highest BCUT2D eigenvalue weighted by atomic mass is 16.4. The van der Waals surface area contributed by atoms with Crippen molar-refractivity contribution in [2.24, 2.45) is 5.92 Å².